The third-order valence-corrected chi connectivity index (χ3v) is 12.2. The van der Waals surface area contributed by atoms with Gasteiger partial charge in [-0.1, -0.05) is 18.9 Å². The van der Waals surface area contributed by atoms with Crippen LogP contribution in [0.25, 0.3) is 0 Å². The number of fused-ring (bicyclic) bond motifs is 2. The molecular formula is C42H46F3N11O8. The van der Waals surface area contributed by atoms with E-state index in [1.807, 2.05) is 0 Å². The molecule has 4 aliphatic heterocycles. The number of amides is 7. The second-order valence-corrected chi connectivity index (χ2v) is 16.2. The summed E-state index contributed by atoms with van der Waals surface area (Å²) in [5, 5.41) is 9.75. The van der Waals surface area contributed by atoms with Crippen LogP contribution in [0.5, 0.6) is 5.75 Å². The number of halogens is 3. The van der Waals surface area contributed by atoms with E-state index in [4.69, 9.17) is 4.74 Å². The standard InChI is InChI=1S/C42H46F3N11O8/c1-52-30-21-47-41(50-35(30)55(23-7-3-4-8-23)22-42(44,45)40(52)63)48-28-20-26(43)25(19-31(28)64-2)36(59)51-54-17-15-53(16-18-54)33(58)11-6-14-46-27-10-5-9-24-34(27)39(62)56(38(24)61)29-12-13-32(57)49-37(29)60/h5,9-10,19-21,23,29,46H,3-4,6-8,11-18,22H2,1-2H3,(H,51,59)(H,47,48,50)(H,49,57,60). The molecule has 1 unspecified atom stereocenters. The highest BCUT2D eigenvalue weighted by atomic mass is 19.3. The topological polar surface area (TPSA) is 219 Å². The number of hydrogen-bond donors (Lipinski definition) is 4. The third-order valence-electron chi connectivity index (χ3n) is 12.2. The Bertz CT molecular complexity index is 2420. The van der Waals surface area contributed by atoms with E-state index < -0.39 is 59.8 Å². The Balaban J connectivity index is 0.835. The highest BCUT2D eigenvalue weighted by Gasteiger charge is 2.49. The first-order valence-corrected chi connectivity index (χ1v) is 21.0. The molecule has 22 heteroatoms. The smallest absolute Gasteiger partial charge is 0.342 e. The van der Waals surface area contributed by atoms with Crippen LogP contribution in [0.2, 0.25) is 0 Å². The summed E-state index contributed by atoms with van der Waals surface area (Å²) in [6, 6.07) is 5.63. The van der Waals surface area contributed by atoms with Crippen molar-refractivity contribution in [1.29, 1.82) is 0 Å². The molecule has 3 aromatic rings. The summed E-state index contributed by atoms with van der Waals surface area (Å²) < 4.78 is 51.2. The molecule has 0 bridgehead atoms. The van der Waals surface area contributed by atoms with Crippen molar-refractivity contribution in [3.63, 3.8) is 0 Å². The van der Waals surface area contributed by atoms with E-state index in [-0.39, 0.29) is 103 Å². The minimum Gasteiger partial charge on any atom is -0.495 e. The Morgan fingerprint density at radius 1 is 0.984 bits per heavy atom. The van der Waals surface area contributed by atoms with Crippen LogP contribution >= 0.6 is 0 Å². The lowest BCUT2D eigenvalue weighted by molar-refractivity contribution is -0.140. The summed E-state index contributed by atoms with van der Waals surface area (Å²) in [5.41, 5.74) is 3.17. The average molecular weight is 890 g/mol. The van der Waals surface area contributed by atoms with E-state index in [1.165, 1.54) is 37.4 Å². The lowest BCUT2D eigenvalue weighted by Gasteiger charge is -2.34. The number of carbonyl (C=O) groups is 7. The fourth-order valence-electron chi connectivity index (χ4n) is 8.77. The number of rotatable bonds is 12. The van der Waals surface area contributed by atoms with Crippen molar-refractivity contribution in [2.24, 2.45) is 0 Å². The molecular weight excluding hydrogens is 844 g/mol. The first-order chi connectivity index (χ1) is 30.6. The zero-order valence-electron chi connectivity index (χ0n) is 35.0. The fraction of sp³-hybridized carbons (Fsp3) is 0.452. The zero-order chi connectivity index (χ0) is 45.4. The van der Waals surface area contributed by atoms with Crippen LogP contribution in [0, 0.1) is 5.82 Å². The van der Waals surface area contributed by atoms with Gasteiger partial charge in [-0.05, 0) is 43.9 Å². The van der Waals surface area contributed by atoms with Crippen LogP contribution in [0.3, 0.4) is 0 Å². The molecule has 0 radical (unpaired) electrons. The Morgan fingerprint density at radius 2 is 1.73 bits per heavy atom. The third kappa shape index (κ3) is 8.48. The number of aromatic nitrogens is 2. The van der Waals surface area contributed by atoms with E-state index in [9.17, 15) is 33.6 Å². The fourth-order valence-corrected chi connectivity index (χ4v) is 8.77. The van der Waals surface area contributed by atoms with E-state index in [0.29, 0.717) is 31.5 Å². The number of nitrogens with one attached hydrogen (secondary N) is 4. The van der Waals surface area contributed by atoms with Gasteiger partial charge in [0.2, 0.25) is 23.7 Å². The minimum atomic E-state index is -3.66. The van der Waals surface area contributed by atoms with E-state index in [2.05, 4.69) is 31.3 Å². The number of piperazine rings is 1. The molecule has 19 nitrogen and oxygen atoms in total. The van der Waals surface area contributed by atoms with Gasteiger partial charge >= 0.3 is 5.92 Å². The molecule has 5 heterocycles. The molecule has 8 rings (SSSR count). The zero-order valence-corrected chi connectivity index (χ0v) is 35.0. The van der Waals surface area contributed by atoms with E-state index in [1.54, 1.807) is 22.0 Å². The maximum absolute atomic E-state index is 15.6. The van der Waals surface area contributed by atoms with Crippen LogP contribution in [-0.2, 0) is 19.2 Å². The van der Waals surface area contributed by atoms with E-state index in [0.717, 1.165) is 28.7 Å². The molecule has 1 atom stereocenters. The predicted octanol–water partition coefficient (Wildman–Crippen LogP) is 2.81. The molecule has 2 aromatic carbocycles. The Kier molecular flexibility index (Phi) is 12.1. The van der Waals surface area contributed by atoms with Crippen molar-refractivity contribution in [3.05, 3.63) is 59.0 Å². The SMILES string of the molecule is COc1cc(C(=O)NN2CCN(C(=O)CCCNc3cccc4c3C(=O)N(C3CCC(=O)NC3=O)C4=O)CC2)c(F)cc1Nc1ncc2c(n1)N(C1CCCC1)CC(F)(F)C(=O)N2C. The number of piperidine rings is 1. The van der Waals surface area contributed by atoms with Crippen LogP contribution in [0.4, 0.5) is 42.0 Å². The summed E-state index contributed by atoms with van der Waals surface area (Å²) in [4.78, 5) is 103. The first kappa shape index (κ1) is 43.8. The van der Waals surface area contributed by atoms with Crippen LogP contribution in [0.15, 0.2) is 36.5 Å². The molecule has 3 fully saturated rings. The second kappa shape index (κ2) is 17.7. The second-order valence-electron chi connectivity index (χ2n) is 16.2. The molecule has 1 saturated carbocycles. The largest absolute Gasteiger partial charge is 0.495 e. The maximum atomic E-state index is 15.6. The summed E-state index contributed by atoms with van der Waals surface area (Å²) in [6.45, 7) is 0.513. The van der Waals surface area contributed by atoms with Gasteiger partial charge in [0, 0.05) is 70.4 Å². The monoisotopic (exact) mass is 889 g/mol. The lowest BCUT2D eigenvalue weighted by Crippen LogP contribution is -2.54. The minimum absolute atomic E-state index is 0.00798. The number of hydrogen-bond acceptors (Lipinski definition) is 14. The number of alkyl halides is 2. The summed E-state index contributed by atoms with van der Waals surface area (Å²) in [6.07, 6.45) is 4.87. The number of benzene rings is 2. The van der Waals surface area contributed by atoms with Gasteiger partial charge in [-0.2, -0.15) is 13.8 Å². The van der Waals surface area contributed by atoms with Crippen LogP contribution in [-0.4, -0.2) is 138 Å². The van der Waals surface area contributed by atoms with Gasteiger partial charge in [0.15, 0.2) is 5.82 Å². The quantitative estimate of drug-likeness (QED) is 0.152. The molecule has 7 amide bonds. The molecule has 1 aromatic heterocycles. The van der Waals surface area contributed by atoms with Crippen molar-refractivity contribution in [3.8, 4) is 5.75 Å². The lowest BCUT2D eigenvalue weighted by atomic mass is 10.0. The molecule has 1 aliphatic carbocycles. The van der Waals surface area contributed by atoms with Gasteiger partial charge in [0.05, 0.1) is 42.2 Å². The number of nitrogens with zero attached hydrogens (tertiary/aromatic N) is 7. The molecule has 2 saturated heterocycles. The summed E-state index contributed by atoms with van der Waals surface area (Å²) in [7, 11) is 2.57. The number of anilines is 5. The maximum Gasteiger partial charge on any atom is 0.342 e. The summed E-state index contributed by atoms with van der Waals surface area (Å²) in [5.74, 6) is -9.12. The Labute approximate surface area is 364 Å². The Hall–Kier alpha value is -6.84. The van der Waals surface area contributed by atoms with Gasteiger partial charge in [-0.3, -0.25) is 49.2 Å². The number of hydrazine groups is 1. The number of methoxy groups -OCH3 is 1. The molecule has 4 N–H and O–H groups in total. The van der Waals surface area contributed by atoms with Crippen LogP contribution < -0.4 is 35.9 Å². The normalized spacial score (nSPS) is 20.2. The summed E-state index contributed by atoms with van der Waals surface area (Å²) >= 11 is 0. The van der Waals surface area contributed by atoms with Crippen molar-refractivity contribution in [2.75, 3.05) is 73.9 Å². The average Bonchev–Trinajstić information content (AvgIpc) is 3.89. The van der Waals surface area contributed by atoms with Gasteiger partial charge in [-0.15, -0.1) is 0 Å². The molecule has 64 heavy (non-hydrogen) atoms. The highest BCUT2D eigenvalue weighted by Crippen LogP contribution is 2.40. The molecule has 0 spiro atoms. The number of ether oxygens (including phenoxy) is 1. The Morgan fingerprint density at radius 3 is 2.45 bits per heavy atom. The van der Waals surface area contributed by atoms with Crippen LogP contribution in [0.1, 0.15) is 82.4 Å². The van der Waals surface area contributed by atoms with Gasteiger partial charge in [-0.25, -0.2) is 14.4 Å². The van der Waals surface area contributed by atoms with Gasteiger partial charge < -0.3 is 30.1 Å². The van der Waals surface area contributed by atoms with Crippen molar-refractivity contribution < 1.29 is 51.5 Å². The molecule has 5 aliphatic rings. The number of imide groups is 2. The highest BCUT2D eigenvalue weighted by molar-refractivity contribution is 6.25. The number of carbonyl (C=O) groups excluding carboxylic acids is 7. The van der Waals surface area contributed by atoms with Crippen molar-refractivity contribution >= 4 is 70.2 Å². The van der Waals surface area contributed by atoms with Crippen molar-refractivity contribution in [2.45, 2.75) is 69.4 Å². The molecule has 338 valence electrons. The van der Waals surface area contributed by atoms with E-state index >= 15 is 13.2 Å². The first-order valence-electron chi connectivity index (χ1n) is 21.0. The van der Waals surface area contributed by atoms with Gasteiger partial charge in [0.25, 0.3) is 23.6 Å². The van der Waals surface area contributed by atoms with Crippen molar-refractivity contribution in [1.82, 2.24) is 35.5 Å². The predicted molar refractivity (Wildman–Crippen MR) is 223 cm³/mol. The van der Waals surface area contributed by atoms with Gasteiger partial charge in [0.1, 0.15) is 23.3 Å².